The Morgan fingerprint density at radius 3 is 2.67 bits per heavy atom. The Morgan fingerprint density at radius 2 is 2.00 bits per heavy atom. The molecule has 0 saturated carbocycles. The highest BCUT2D eigenvalue weighted by atomic mass is 79.9. The van der Waals surface area contributed by atoms with Crippen LogP contribution in [0.2, 0.25) is 0 Å². The first-order valence-corrected chi connectivity index (χ1v) is 9.68. The predicted molar refractivity (Wildman–Crippen MR) is 111 cm³/mol. The molecule has 0 fully saturated rings. The lowest BCUT2D eigenvalue weighted by Crippen LogP contribution is -2.27. The molecule has 0 radical (unpaired) electrons. The smallest absolute Gasteiger partial charge is 0.262 e. The SMILES string of the molecule is COCCNC(=O)/C(C#N)=C/c1cc(Br)cc(Br)c1OCc1ccccc1. The Kier molecular flexibility index (Phi) is 8.52. The second-order valence-corrected chi connectivity index (χ2v) is 7.27. The van der Waals surface area contributed by atoms with Crippen molar-refractivity contribution < 1.29 is 14.3 Å². The van der Waals surface area contributed by atoms with Crippen molar-refractivity contribution in [3.8, 4) is 11.8 Å². The first-order chi connectivity index (χ1) is 13.0. The number of carbonyl (C=O) groups is 1. The summed E-state index contributed by atoms with van der Waals surface area (Å²) in [5.41, 5.74) is 1.62. The van der Waals surface area contributed by atoms with E-state index in [1.807, 2.05) is 42.5 Å². The second kappa shape index (κ2) is 10.9. The van der Waals surface area contributed by atoms with E-state index in [0.717, 1.165) is 14.5 Å². The van der Waals surface area contributed by atoms with Crippen LogP contribution >= 0.6 is 31.9 Å². The fraction of sp³-hybridized carbons (Fsp3) is 0.200. The number of methoxy groups -OCH3 is 1. The summed E-state index contributed by atoms with van der Waals surface area (Å²) in [7, 11) is 1.54. The van der Waals surface area contributed by atoms with E-state index >= 15 is 0 Å². The molecule has 0 saturated heterocycles. The van der Waals surface area contributed by atoms with Crippen molar-refractivity contribution >= 4 is 43.8 Å². The number of nitrogens with one attached hydrogen (secondary N) is 1. The molecule has 0 bridgehead atoms. The van der Waals surface area contributed by atoms with Gasteiger partial charge in [-0.15, -0.1) is 0 Å². The number of nitrogens with zero attached hydrogens (tertiary/aromatic N) is 1. The number of carbonyl (C=O) groups excluding carboxylic acids is 1. The van der Waals surface area contributed by atoms with E-state index in [-0.39, 0.29) is 5.57 Å². The van der Waals surface area contributed by atoms with Crippen LogP contribution in [0, 0.1) is 11.3 Å². The lowest BCUT2D eigenvalue weighted by atomic mass is 10.1. The van der Waals surface area contributed by atoms with Gasteiger partial charge in [0.25, 0.3) is 5.91 Å². The van der Waals surface area contributed by atoms with Gasteiger partial charge in [-0.3, -0.25) is 4.79 Å². The molecular weight excluding hydrogens is 476 g/mol. The van der Waals surface area contributed by atoms with Crippen LogP contribution in [0.1, 0.15) is 11.1 Å². The van der Waals surface area contributed by atoms with Gasteiger partial charge in [0.2, 0.25) is 0 Å². The Morgan fingerprint density at radius 1 is 1.26 bits per heavy atom. The van der Waals surface area contributed by atoms with Crippen LogP contribution in [0.25, 0.3) is 6.08 Å². The Hall–Kier alpha value is -2.14. The monoisotopic (exact) mass is 492 g/mol. The van der Waals surface area contributed by atoms with Crippen LogP contribution in [-0.2, 0) is 16.1 Å². The number of halogens is 2. The van der Waals surface area contributed by atoms with Crippen molar-refractivity contribution in [1.82, 2.24) is 5.32 Å². The van der Waals surface area contributed by atoms with Gasteiger partial charge in [-0.25, -0.2) is 0 Å². The van der Waals surface area contributed by atoms with E-state index in [2.05, 4.69) is 37.2 Å². The van der Waals surface area contributed by atoms with Gasteiger partial charge < -0.3 is 14.8 Å². The third-order valence-corrected chi connectivity index (χ3v) is 4.57. The highest BCUT2D eigenvalue weighted by Crippen LogP contribution is 2.35. The summed E-state index contributed by atoms with van der Waals surface area (Å²) in [5, 5.41) is 12.0. The van der Waals surface area contributed by atoms with Gasteiger partial charge in [-0.1, -0.05) is 46.3 Å². The van der Waals surface area contributed by atoms with Crippen molar-refractivity contribution in [3.05, 3.63) is 68.1 Å². The number of rotatable bonds is 8. The van der Waals surface area contributed by atoms with Gasteiger partial charge in [-0.2, -0.15) is 5.26 Å². The van der Waals surface area contributed by atoms with E-state index < -0.39 is 5.91 Å². The zero-order chi connectivity index (χ0) is 19.6. The topological polar surface area (TPSA) is 71.3 Å². The Labute approximate surface area is 175 Å². The van der Waals surface area contributed by atoms with Gasteiger partial charge in [0, 0.05) is 23.7 Å². The first kappa shape index (κ1) is 21.2. The molecule has 140 valence electrons. The Balaban J connectivity index is 2.28. The summed E-state index contributed by atoms with van der Waals surface area (Å²) in [6.45, 7) is 1.07. The molecule has 0 aliphatic heterocycles. The summed E-state index contributed by atoms with van der Waals surface area (Å²) in [5.74, 6) is 0.0964. The molecule has 2 rings (SSSR count). The van der Waals surface area contributed by atoms with E-state index in [1.165, 1.54) is 6.08 Å². The molecule has 7 heteroatoms. The molecule has 0 heterocycles. The largest absolute Gasteiger partial charge is 0.487 e. The molecule has 0 atom stereocenters. The lowest BCUT2D eigenvalue weighted by Gasteiger charge is -2.13. The number of amides is 1. The summed E-state index contributed by atoms with van der Waals surface area (Å²) in [6.07, 6.45) is 1.51. The minimum absolute atomic E-state index is 0.0133. The van der Waals surface area contributed by atoms with E-state index in [4.69, 9.17) is 9.47 Å². The minimum Gasteiger partial charge on any atom is -0.487 e. The number of hydrogen-bond donors (Lipinski definition) is 1. The third-order valence-electron chi connectivity index (χ3n) is 3.52. The predicted octanol–water partition coefficient (Wildman–Crippen LogP) is 4.46. The third kappa shape index (κ3) is 6.51. The van der Waals surface area contributed by atoms with Crippen molar-refractivity contribution in [1.29, 1.82) is 5.26 Å². The number of nitriles is 1. The quantitative estimate of drug-likeness (QED) is 0.335. The van der Waals surface area contributed by atoms with Crippen molar-refractivity contribution in [2.24, 2.45) is 0 Å². The van der Waals surface area contributed by atoms with Crippen LogP contribution in [0.3, 0.4) is 0 Å². The minimum atomic E-state index is -0.459. The average molecular weight is 494 g/mol. The second-order valence-electron chi connectivity index (χ2n) is 5.50. The van der Waals surface area contributed by atoms with Crippen molar-refractivity contribution in [2.75, 3.05) is 20.3 Å². The van der Waals surface area contributed by atoms with Gasteiger partial charge in [0.15, 0.2) is 0 Å². The number of ether oxygens (including phenoxy) is 2. The fourth-order valence-corrected chi connectivity index (χ4v) is 3.61. The molecule has 2 aromatic carbocycles. The Bertz CT molecular complexity index is 862. The van der Waals surface area contributed by atoms with E-state index in [9.17, 15) is 10.1 Å². The maximum absolute atomic E-state index is 12.2. The van der Waals surface area contributed by atoms with Crippen LogP contribution in [-0.4, -0.2) is 26.2 Å². The average Bonchev–Trinajstić information content (AvgIpc) is 2.66. The molecule has 1 amide bonds. The van der Waals surface area contributed by atoms with Gasteiger partial charge in [0.05, 0.1) is 11.1 Å². The van der Waals surface area contributed by atoms with Crippen LogP contribution in [0.15, 0.2) is 57.0 Å². The normalized spacial score (nSPS) is 11.0. The van der Waals surface area contributed by atoms with Crippen LogP contribution < -0.4 is 10.1 Å². The summed E-state index contributed by atoms with van der Waals surface area (Å²) in [4.78, 5) is 12.2. The van der Waals surface area contributed by atoms with Crippen molar-refractivity contribution in [3.63, 3.8) is 0 Å². The molecule has 0 aromatic heterocycles. The molecule has 0 unspecified atom stereocenters. The fourth-order valence-electron chi connectivity index (χ4n) is 2.24. The van der Waals surface area contributed by atoms with Crippen molar-refractivity contribution in [2.45, 2.75) is 6.61 Å². The van der Waals surface area contributed by atoms with Crippen LogP contribution in [0.4, 0.5) is 0 Å². The molecular formula is C20H18Br2N2O3. The molecule has 0 spiro atoms. The maximum atomic E-state index is 12.2. The maximum Gasteiger partial charge on any atom is 0.262 e. The number of hydrogen-bond acceptors (Lipinski definition) is 4. The summed E-state index contributed by atoms with van der Waals surface area (Å²) < 4.78 is 12.4. The van der Waals surface area contributed by atoms with Gasteiger partial charge in [0.1, 0.15) is 24.0 Å². The highest BCUT2D eigenvalue weighted by Gasteiger charge is 2.14. The highest BCUT2D eigenvalue weighted by molar-refractivity contribution is 9.11. The lowest BCUT2D eigenvalue weighted by molar-refractivity contribution is -0.117. The summed E-state index contributed by atoms with van der Waals surface area (Å²) >= 11 is 6.92. The first-order valence-electron chi connectivity index (χ1n) is 8.10. The van der Waals surface area contributed by atoms with Gasteiger partial charge in [-0.05, 0) is 39.7 Å². The van der Waals surface area contributed by atoms with Gasteiger partial charge >= 0.3 is 0 Å². The zero-order valence-electron chi connectivity index (χ0n) is 14.7. The standard InChI is InChI=1S/C20H18Br2N2O3/c1-26-8-7-24-20(25)16(12-23)9-15-10-17(21)11-18(22)19(15)27-13-14-5-3-2-4-6-14/h2-6,9-11H,7-8,13H2,1H3,(H,24,25)/b16-9+. The molecule has 27 heavy (non-hydrogen) atoms. The molecule has 1 N–H and O–H groups in total. The van der Waals surface area contributed by atoms with E-state index in [0.29, 0.717) is 31.1 Å². The van der Waals surface area contributed by atoms with Crippen LogP contribution in [0.5, 0.6) is 5.75 Å². The molecule has 0 aliphatic rings. The molecule has 0 aliphatic carbocycles. The molecule has 5 nitrogen and oxygen atoms in total. The number of benzene rings is 2. The van der Waals surface area contributed by atoms with E-state index in [1.54, 1.807) is 13.2 Å². The molecule has 2 aromatic rings. The summed E-state index contributed by atoms with van der Waals surface area (Å²) in [6, 6.07) is 15.3. The zero-order valence-corrected chi connectivity index (χ0v) is 17.8.